The molecule has 1 N–H and O–H groups in total. The fourth-order valence-corrected chi connectivity index (χ4v) is 1.60. The van der Waals surface area contributed by atoms with Crippen LogP contribution < -0.4 is 5.32 Å². The molecule has 1 aromatic rings. The molecule has 0 radical (unpaired) electrons. The smallest absolute Gasteiger partial charge is 0.117 e. The van der Waals surface area contributed by atoms with Gasteiger partial charge in [-0.15, -0.1) is 0 Å². The van der Waals surface area contributed by atoms with Crippen molar-refractivity contribution < 1.29 is 4.42 Å². The van der Waals surface area contributed by atoms with Gasteiger partial charge in [0, 0.05) is 6.04 Å². The first-order valence-corrected chi connectivity index (χ1v) is 5.04. The molecule has 0 aromatic carbocycles. The zero-order valence-electron chi connectivity index (χ0n) is 8.34. The summed E-state index contributed by atoms with van der Waals surface area (Å²) in [5, 5.41) is 3.48. The van der Waals surface area contributed by atoms with Crippen LogP contribution in [0, 0.1) is 12.8 Å². The highest BCUT2D eigenvalue weighted by atomic mass is 16.3. The molecule has 1 aliphatic rings. The van der Waals surface area contributed by atoms with Crippen molar-refractivity contribution in [2.75, 3.05) is 0 Å². The van der Waals surface area contributed by atoms with Crippen molar-refractivity contribution >= 4 is 0 Å². The molecular formula is C11H17NO. The van der Waals surface area contributed by atoms with E-state index in [9.17, 15) is 0 Å². The molecule has 2 nitrogen and oxygen atoms in total. The standard InChI is InChI=1S/C11H17NO/c1-8-3-6-11(13-8)7-12-9(2)10-4-5-10/h3,6,9-10,12H,4-5,7H2,1-2H3. The van der Waals surface area contributed by atoms with E-state index in [4.69, 9.17) is 4.42 Å². The fraction of sp³-hybridized carbons (Fsp3) is 0.636. The molecule has 13 heavy (non-hydrogen) atoms. The van der Waals surface area contributed by atoms with Gasteiger partial charge in [-0.2, -0.15) is 0 Å². The number of hydrogen-bond donors (Lipinski definition) is 1. The average Bonchev–Trinajstić information content (AvgIpc) is 2.87. The Balaban J connectivity index is 1.78. The predicted molar refractivity (Wildman–Crippen MR) is 52.5 cm³/mol. The summed E-state index contributed by atoms with van der Waals surface area (Å²) in [5.74, 6) is 2.96. The van der Waals surface area contributed by atoms with Crippen LogP contribution in [0.4, 0.5) is 0 Å². The van der Waals surface area contributed by atoms with Gasteiger partial charge in [0.2, 0.25) is 0 Å². The summed E-state index contributed by atoms with van der Waals surface area (Å²) in [6.07, 6.45) is 2.79. The van der Waals surface area contributed by atoms with Crippen molar-refractivity contribution in [3.05, 3.63) is 23.7 Å². The Labute approximate surface area is 79.3 Å². The largest absolute Gasteiger partial charge is 0.465 e. The van der Waals surface area contributed by atoms with Crippen LogP contribution in [0.5, 0.6) is 0 Å². The molecule has 1 unspecified atom stereocenters. The quantitative estimate of drug-likeness (QED) is 0.768. The van der Waals surface area contributed by atoms with Gasteiger partial charge in [-0.1, -0.05) is 0 Å². The van der Waals surface area contributed by atoms with E-state index in [1.807, 2.05) is 19.1 Å². The van der Waals surface area contributed by atoms with Gasteiger partial charge in [-0.3, -0.25) is 0 Å². The molecule has 0 amide bonds. The van der Waals surface area contributed by atoms with Crippen molar-refractivity contribution in [2.24, 2.45) is 5.92 Å². The van der Waals surface area contributed by atoms with Crippen LogP contribution in [0.25, 0.3) is 0 Å². The van der Waals surface area contributed by atoms with Crippen LogP contribution in [0.2, 0.25) is 0 Å². The molecule has 1 aromatic heterocycles. The Morgan fingerprint density at radius 2 is 2.31 bits per heavy atom. The van der Waals surface area contributed by atoms with Gasteiger partial charge in [-0.25, -0.2) is 0 Å². The summed E-state index contributed by atoms with van der Waals surface area (Å²) in [7, 11) is 0. The molecular weight excluding hydrogens is 162 g/mol. The first-order chi connectivity index (χ1) is 6.25. The summed E-state index contributed by atoms with van der Waals surface area (Å²) < 4.78 is 5.47. The molecule has 72 valence electrons. The van der Waals surface area contributed by atoms with E-state index >= 15 is 0 Å². The maximum absolute atomic E-state index is 5.47. The van der Waals surface area contributed by atoms with Crippen LogP contribution in [0.3, 0.4) is 0 Å². The topological polar surface area (TPSA) is 25.2 Å². The second-order valence-electron chi connectivity index (χ2n) is 4.02. The average molecular weight is 179 g/mol. The van der Waals surface area contributed by atoms with Crippen LogP contribution in [-0.2, 0) is 6.54 Å². The molecule has 0 aliphatic heterocycles. The summed E-state index contributed by atoms with van der Waals surface area (Å²) in [6, 6.07) is 4.70. The number of aryl methyl sites for hydroxylation is 1. The first-order valence-electron chi connectivity index (χ1n) is 5.04. The third kappa shape index (κ3) is 2.34. The Kier molecular flexibility index (Phi) is 2.40. The van der Waals surface area contributed by atoms with Gasteiger partial charge in [0.25, 0.3) is 0 Å². The van der Waals surface area contributed by atoms with Crippen molar-refractivity contribution in [3.8, 4) is 0 Å². The van der Waals surface area contributed by atoms with E-state index in [1.165, 1.54) is 12.8 Å². The number of nitrogens with one attached hydrogen (secondary N) is 1. The molecule has 1 saturated carbocycles. The third-order valence-electron chi connectivity index (χ3n) is 2.72. The summed E-state index contributed by atoms with van der Waals surface area (Å²) in [5.41, 5.74) is 0. The molecule has 1 fully saturated rings. The molecule has 1 atom stereocenters. The van der Waals surface area contributed by atoms with Gasteiger partial charge < -0.3 is 9.73 Å². The number of hydrogen-bond acceptors (Lipinski definition) is 2. The molecule has 2 rings (SSSR count). The van der Waals surface area contributed by atoms with E-state index < -0.39 is 0 Å². The Bertz CT molecular complexity index is 275. The van der Waals surface area contributed by atoms with E-state index in [1.54, 1.807) is 0 Å². The second kappa shape index (κ2) is 3.54. The van der Waals surface area contributed by atoms with Crippen molar-refractivity contribution in [1.29, 1.82) is 0 Å². The highest BCUT2D eigenvalue weighted by Gasteiger charge is 2.27. The van der Waals surface area contributed by atoms with E-state index in [0.717, 1.165) is 24.0 Å². The molecule has 0 bridgehead atoms. The molecule has 2 heteroatoms. The third-order valence-corrected chi connectivity index (χ3v) is 2.72. The van der Waals surface area contributed by atoms with Crippen molar-refractivity contribution in [3.63, 3.8) is 0 Å². The summed E-state index contributed by atoms with van der Waals surface area (Å²) in [4.78, 5) is 0. The van der Waals surface area contributed by atoms with Crippen LogP contribution in [0.1, 0.15) is 31.3 Å². The zero-order chi connectivity index (χ0) is 9.26. The predicted octanol–water partition coefficient (Wildman–Crippen LogP) is 2.48. The van der Waals surface area contributed by atoms with Crippen LogP contribution in [-0.4, -0.2) is 6.04 Å². The highest BCUT2D eigenvalue weighted by molar-refractivity contribution is 5.05. The van der Waals surface area contributed by atoms with Gasteiger partial charge in [0.15, 0.2) is 0 Å². The molecule has 0 spiro atoms. The SMILES string of the molecule is Cc1ccc(CNC(C)C2CC2)o1. The van der Waals surface area contributed by atoms with Crippen molar-refractivity contribution in [1.82, 2.24) is 5.32 Å². The van der Waals surface area contributed by atoms with E-state index in [2.05, 4.69) is 12.2 Å². The lowest BCUT2D eigenvalue weighted by molar-refractivity contribution is 0.424. The van der Waals surface area contributed by atoms with Gasteiger partial charge in [0.1, 0.15) is 11.5 Å². The minimum absolute atomic E-state index is 0.644. The lowest BCUT2D eigenvalue weighted by atomic mass is 10.2. The van der Waals surface area contributed by atoms with Crippen molar-refractivity contribution in [2.45, 2.75) is 39.3 Å². The van der Waals surface area contributed by atoms with Gasteiger partial charge >= 0.3 is 0 Å². The highest BCUT2D eigenvalue weighted by Crippen LogP contribution is 2.32. The maximum Gasteiger partial charge on any atom is 0.117 e. The monoisotopic (exact) mass is 179 g/mol. The molecule has 1 heterocycles. The van der Waals surface area contributed by atoms with Gasteiger partial charge in [0.05, 0.1) is 6.54 Å². The Morgan fingerprint density at radius 3 is 2.85 bits per heavy atom. The number of rotatable bonds is 4. The van der Waals surface area contributed by atoms with E-state index in [-0.39, 0.29) is 0 Å². The fourth-order valence-electron chi connectivity index (χ4n) is 1.60. The minimum atomic E-state index is 0.644. The lowest BCUT2D eigenvalue weighted by Gasteiger charge is -2.10. The Morgan fingerprint density at radius 1 is 1.54 bits per heavy atom. The molecule has 0 saturated heterocycles. The molecule has 1 aliphatic carbocycles. The minimum Gasteiger partial charge on any atom is -0.465 e. The Hall–Kier alpha value is -0.760. The second-order valence-corrected chi connectivity index (χ2v) is 4.02. The summed E-state index contributed by atoms with van der Waals surface area (Å²) >= 11 is 0. The zero-order valence-corrected chi connectivity index (χ0v) is 8.34. The normalized spacial score (nSPS) is 18.9. The van der Waals surface area contributed by atoms with Crippen LogP contribution >= 0.6 is 0 Å². The maximum atomic E-state index is 5.47. The number of furan rings is 1. The summed E-state index contributed by atoms with van der Waals surface area (Å²) in [6.45, 7) is 5.10. The van der Waals surface area contributed by atoms with Crippen LogP contribution in [0.15, 0.2) is 16.5 Å². The first kappa shape index (κ1) is 8.82. The van der Waals surface area contributed by atoms with Gasteiger partial charge in [-0.05, 0) is 44.7 Å². The lowest BCUT2D eigenvalue weighted by Crippen LogP contribution is -2.26. The van der Waals surface area contributed by atoms with E-state index in [0.29, 0.717) is 6.04 Å².